The first-order chi connectivity index (χ1) is 6.59. The Labute approximate surface area is 106 Å². The highest BCUT2D eigenvalue weighted by molar-refractivity contribution is 14.1. The summed E-state index contributed by atoms with van der Waals surface area (Å²) in [6.07, 6.45) is -2.43. The van der Waals surface area contributed by atoms with E-state index in [0.717, 1.165) is 7.58 Å². The molecule has 5 heteroatoms. The van der Waals surface area contributed by atoms with Gasteiger partial charge in [0.2, 0.25) is 0 Å². The molecule has 2 rings (SSSR count). The van der Waals surface area contributed by atoms with Crippen LogP contribution in [0, 0.1) is 2.88 Å². The topological polar surface area (TPSA) is 0 Å². The number of fused-ring (bicyclic) bond motifs is 1. The Hall–Kier alpha value is 0.250. The van der Waals surface area contributed by atoms with Crippen LogP contribution < -0.4 is 0 Å². The first-order valence-electron chi connectivity index (χ1n) is 3.75. The van der Waals surface area contributed by atoms with Crippen LogP contribution in [0.4, 0.5) is 8.78 Å². The van der Waals surface area contributed by atoms with Gasteiger partial charge in [-0.1, -0.05) is 15.9 Å². The van der Waals surface area contributed by atoms with E-state index in [1.807, 2.05) is 6.07 Å². The number of rotatable bonds is 1. The summed E-state index contributed by atoms with van der Waals surface area (Å²) in [7, 11) is 0. The summed E-state index contributed by atoms with van der Waals surface area (Å²) >= 11 is 6.82. The Kier molecular flexibility index (Phi) is 3.09. The summed E-state index contributed by atoms with van der Waals surface area (Å²) in [5, 5.41) is 0.656. The maximum Gasteiger partial charge on any atom is 0.265 e. The molecule has 0 aliphatic carbocycles. The van der Waals surface area contributed by atoms with Crippen LogP contribution in [0.1, 0.15) is 12.0 Å². The lowest BCUT2D eigenvalue weighted by Crippen LogP contribution is -1.86. The molecule has 1 aromatic heterocycles. The van der Waals surface area contributed by atoms with E-state index in [0.29, 0.717) is 9.86 Å². The number of halogens is 4. The van der Waals surface area contributed by atoms with Gasteiger partial charge in [0.1, 0.15) is 0 Å². The van der Waals surface area contributed by atoms with Gasteiger partial charge in [0.15, 0.2) is 0 Å². The molecule has 0 amide bonds. The molecule has 0 aliphatic heterocycles. The van der Waals surface area contributed by atoms with E-state index in [9.17, 15) is 8.78 Å². The summed E-state index contributed by atoms with van der Waals surface area (Å²) in [6.45, 7) is 0. The van der Waals surface area contributed by atoms with E-state index in [2.05, 4.69) is 38.5 Å². The molecule has 0 saturated carbocycles. The van der Waals surface area contributed by atoms with Crippen LogP contribution in [-0.2, 0) is 0 Å². The fourth-order valence-electron chi connectivity index (χ4n) is 1.30. The predicted molar refractivity (Wildman–Crippen MR) is 67.2 cm³/mol. The van der Waals surface area contributed by atoms with Crippen LogP contribution in [0.3, 0.4) is 0 Å². The van der Waals surface area contributed by atoms with Crippen molar-refractivity contribution in [2.24, 2.45) is 0 Å². The molecule has 2 aromatic rings. The molecule has 0 nitrogen and oxygen atoms in total. The largest absolute Gasteiger partial charge is 0.265 e. The fraction of sp³-hybridized carbons (Fsp3) is 0.111. The molecule has 1 heterocycles. The van der Waals surface area contributed by atoms with Crippen LogP contribution in [0.15, 0.2) is 22.7 Å². The van der Waals surface area contributed by atoms with Crippen molar-refractivity contribution in [3.05, 3.63) is 31.1 Å². The van der Waals surface area contributed by atoms with Gasteiger partial charge in [0.05, 0.1) is 2.88 Å². The third-order valence-electron chi connectivity index (χ3n) is 1.88. The number of hydrogen-bond acceptors (Lipinski definition) is 1. The lowest BCUT2D eigenvalue weighted by Gasteiger charge is -2.04. The van der Waals surface area contributed by atoms with E-state index >= 15 is 0 Å². The molecule has 0 unspecified atom stereocenters. The molecule has 0 spiro atoms. The smallest absolute Gasteiger partial charge is 0.205 e. The monoisotopic (exact) mass is 388 g/mol. The first kappa shape index (κ1) is 10.8. The molecule has 0 bridgehead atoms. The second kappa shape index (κ2) is 4.02. The van der Waals surface area contributed by atoms with Gasteiger partial charge >= 0.3 is 0 Å². The van der Waals surface area contributed by atoms with Crippen molar-refractivity contribution in [2.75, 3.05) is 0 Å². The normalized spacial score (nSPS) is 11.5. The second-order valence-corrected chi connectivity index (χ2v) is 6.56. The van der Waals surface area contributed by atoms with Crippen LogP contribution in [0.25, 0.3) is 10.1 Å². The third kappa shape index (κ3) is 1.81. The molecular formula is C9H4BrF2IS. The molecule has 0 saturated heterocycles. The second-order valence-electron chi connectivity index (χ2n) is 2.72. The highest BCUT2D eigenvalue weighted by atomic mass is 127. The van der Waals surface area contributed by atoms with Crippen LogP contribution in [0.2, 0.25) is 0 Å². The highest BCUT2D eigenvalue weighted by Gasteiger charge is 2.16. The molecule has 0 N–H and O–H groups in total. The summed E-state index contributed by atoms with van der Waals surface area (Å²) in [5.41, 5.74) is 0.0988. The highest BCUT2D eigenvalue weighted by Crippen LogP contribution is 2.38. The van der Waals surface area contributed by atoms with Gasteiger partial charge in [-0.05, 0) is 40.8 Å². The zero-order valence-corrected chi connectivity index (χ0v) is 11.3. The minimum atomic E-state index is -2.43. The Morgan fingerprint density at radius 2 is 2.07 bits per heavy atom. The molecule has 1 aromatic carbocycles. The van der Waals surface area contributed by atoms with Crippen molar-refractivity contribution >= 4 is 59.9 Å². The van der Waals surface area contributed by atoms with Gasteiger partial charge in [-0.3, -0.25) is 0 Å². The number of hydrogen-bond donors (Lipinski definition) is 0. The Balaban J connectivity index is 2.82. The Morgan fingerprint density at radius 1 is 1.36 bits per heavy atom. The van der Waals surface area contributed by atoms with E-state index in [-0.39, 0.29) is 5.56 Å². The fourth-order valence-corrected chi connectivity index (χ4v) is 3.64. The Morgan fingerprint density at radius 3 is 2.71 bits per heavy atom. The van der Waals surface area contributed by atoms with Crippen LogP contribution in [0.5, 0.6) is 0 Å². The average Bonchev–Trinajstić information content (AvgIpc) is 2.43. The maximum absolute atomic E-state index is 12.7. The van der Waals surface area contributed by atoms with Gasteiger partial charge in [-0.15, -0.1) is 11.3 Å². The SMILES string of the molecule is FC(F)c1c(Br)ccc2sc(I)cc12. The predicted octanol–water partition coefficient (Wildman–Crippen LogP) is 5.21. The Bertz CT molecular complexity index is 481. The van der Waals surface area contributed by atoms with Crippen LogP contribution >= 0.6 is 49.9 Å². The quantitative estimate of drug-likeness (QED) is 0.588. The summed E-state index contributed by atoms with van der Waals surface area (Å²) in [5.74, 6) is 0. The van der Waals surface area contributed by atoms with Crippen molar-refractivity contribution < 1.29 is 8.78 Å². The van der Waals surface area contributed by atoms with Crippen molar-refractivity contribution in [1.29, 1.82) is 0 Å². The zero-order chi connectivity index (χ0) is 10.3. The van der Waals surface area contributed by atoms with Gasteiger partial charge < -0.3 is 0 Å². The number of alkyl halides is 2. The summed E-state index contributed by atoms with van der Waals surface area (Å²) < 4.78 is 27.9. The molecular weight excluding hydrogens is 385 g/mol. The van der Waals surface area contributed by atoms with E-state index < -0.39 is 6.43 Å². The lowest BCUT2D eigenvalue weighted by molar-refractivity contribution is 0.152. The van der Waals surface area contributed by atoms with Gasteiger partial charge in [-0.2, -0.15) is 0 Å². The maximum atomic E-state index is 12.7. The molecule has 74 valence electrons. The minimum Gasteiger partial charge on any atom is -0.205 e. The summed E-state index contributed by atoms with van der Waals surface area (Å²) in [6, 6.07) is 5.33. The van der Waals surface area contributed by atoms with Crippen molar-refractivity contribution in [2.45, 2.75) is 6.43 Å². The third-order valence-corrected chi connectivity index (χ3v) is 4.43. The van der Waals surface area contributed by atoms with E-state index in [1.165, 1.54) is 11.3 Å². The molecule has 0 atom stereocenters. The van der Waals surface area contributed by atoms with E-state index in [1.54, 1.807) is 12.1 Å². The van der Waals surface area contributed by atoms with Crippen molar-refractivity contribution in [3.63, 3.8) is 0 Å². The van der Waals surface area contributed by atoms with Gasteiger partial charge in [0.25, 0.3) is 6.43 Å². The minimum absolute atomic E-state index is 0.0988. The van der Waals surface area contributed by atoms with Gasteiger partial charge in [-0.25, -0.2) is 8.78 Å². The zero-order valence-electron chi connectivity index (χ0n) is 6.73. The van der Waals surface area contributed by atoms with Crippen molar-refractivity contribution in [3.8, 4) is 0 Å². The van der Waals surface area contributed by atoms with E-state index in [4.69, 9.17) is 0 Å². The first-order valence-corrected chi connectivity index (χ1v) is 6.44. The average molecular weight is 389 g/mol. The molecule has 0 aliphatic rings. The number of benzene rings is 1. The lowest BCUT2D eigenvalue weighted by atomic mass is 10.1. The standard InChI is InChI=1S/C9H4BrF2IS/c10-5-1-2-6-4(3-7(13)14-6)8(5)9(11)12/h1-3,9H. The molecule has 0 fully saturated rings. The van der Waals surface area contributed by atoms with Gasteiger partial charge in [0, 0.05) is 20.1 Å². The van der Waals surface area contributed by atoms with Crippen molar-refractivity contribution in [1.82, 2.24) is 0 Å². The number of thiophene rings is 1. The molecule has 14 heavy (non-hydrogen) atoms. The molecule has 0 radical (unpaired) electrons. The summed E-state index contributed by atoms with van der Waals surface area (Å²) in [4.78, 5) is 0. The van der Waals surface area contributed by atoms with Crippen LogP contribution in [-0.4, -0.2) is 0 Å².